The molecule has 2 aromatic rings. The number of thioether (sulfide) groups is 1. The summed E-state index contributed by atoms with van der Waals surface area (Å²) in [5.74, 6) is 2.07. The molecule has 0 spiro atoms. The van der Waals surface area contributed by atoms with E-state index in [9.17, 15) is 0 Å². The number of hydrogen-bond donors (Lipinski definition) is 2. The van der Waals surface area contributed by atoms with Crippen LogP contribution in [-0.2, 0) is 13.1 Å². The Kier molecular flexibility index (Phi) is 11.5. The summed E-state index contributed by atoms with van der Waals surface area (Å²) >= 11 is 1.90. The van der Waals surface area contributed by atoms with Gasteiger partial charge in [-0.3, -0.25) is 9.67 Å². The Morgan fingerprint density at radius 2 is 1.89 bits per heavy atom. The zero-order valence-electron chi connectivity index (χ0n) is 16.8. The monoisotopic (exact) mass is 501 g/mol. The number of benzene rings is 1. The summed E-state index contributed by atoms with van der Waals surface area (Å²) in [4.78, 5) is 4.32. The SMILES string of the molecule is CN=C(NCCCCSC)NCc1c(C)nn(Cc2ccccc2)c1C.I. The maximum absolute atomic E-state index is 4.72. The Morgan fingerprint density at radius 1 is 1.15 bits per heavy atom. The van der Waals surface area contributed by atoms with Gasteiger partial charge < -0.3 is 10.6 Å². The highest BCUT2D eigenvalue weighted by Gasteiger charge is 2.12. The van der Waals surface area contributed by atoms with Crippen molar-refractivity contribution in [2.75, 3.05) is 25.6 Å². The molecule has 0 fully saturated rings. The van der Waals surface area contributed by atoms with E-state index in [-0.39, 0.29) is 24.0 Å². The first kappa shape index (κ1) is 23.8. The van der Waals surface area contributed by atoms with E-state index in [1.54, 1.807) is 0 Å². The molecule has 0 bridgehead atoms. The van der Waals surface area contributed by atoms with Crippen LogP contribution in [0.1, 0.15) is 35.4 Å². The fraction of sp³-hybridized carbons (Fsp3) is 0.500. The summed E-state index contributed by atoms with van der Waals surface area (Å²) in [6, 6.07) is 10.4. The normalized spacial score (nSPS) is 11.2. The summed E-state index contributed by atoms with van der Waals surface area (Å²) < 4.78 is 2.08. The van der Waals surface area contributed by atoms with Crippen molar-refractivity contribution in [1.29, 1.82) is 0 Å². The number of aryl methyl sites for hydroxylation is 1. The first-order valence-corrected chi connectivity index (χ1v) is 10.5. The predicted octanol–water partition coefficient (Wildman–Crippen LogP) is 3.97. The minimum absolute atomic E-state index is 0. The van der Waals surface area contributed by atoms with Crippen LogP contribution in [0.25, 0.3) is 0 Å². The molecule has 0 aliphatic rings. The molecular weight excluding hydrogens is 469 g/mol. The molecule has 7 heteroatoms. The van der Waals surface area contributed by atoms with Crippen molar-refractivity contribution in [3.05, 3.63) is 52.8 Å². The fourth-order valence-corrected chi connectivity index (χ4v) is 3.36. The molecule has 2 N–H and O–H groups in total. The summed E-state index contributed by atoms with van der Waals surface area (Å²) in [6.07, 6.45) is 4.54. The van der Waals surface area contributed by atoms with Gasteiger partial charge in [0.1, 0.15) is 0 Å². The van der Waals surface area contributed by atoms with Crippen molar-refractivity contribution in [2.24, 2.45) is 4.99 Å². The molecule has 0 aliphatic heterocycles. The summed E-state index contributed by atoms with van der Waals surface area (Å²) in [7, 11) is 1.82. The molecule has 1 aromatic heterocycles. The first-order valence-electron chi connectivity index (χ1n) is 9.16. The summed E-state index contributed by atoms with van der Waals surface area (Å²) in [5, 5.41) is 11.5. The maximum Gasteiger partial charge on any atom is 0.191 e. The van der Waals surface area contributed by atoms with Gasteiger partial charge >= 0.3 is 0 Å². The highest BCUT2D eigenvalue weighted by atomic mass is 127. The highest BCUT2D eigenvalue weighted by Crippen LogP contribution is 2.14. The maximum atomic E-state index is 4.72. The molecule has 2 rings (SSSR count). The fourth-order valence-electron chi connectivity index (χ4n) is 2.87. The molecule has 0 unspecified atom stereocenters. The molecule has 27 heavy (non-hydrogen) atoms. The van der Waals surface area contributed by atoms with Crippen LogP contribution < -0.4 is 10.6 Å². The third kappa shape index (κ3) is 7.73. The molecule has 0 radical (unpaired) electrons. The van der Waals surface area contributed by atoms with Crippen LogP contribution in [0.15, 0.2) is 35.3 Å². The number of rotatable bonds is 9. The van der Waals surface area contributed by atoms with Gasteiger partial charge in [0, 0.05) is 31.4 Å². The van der Waals surface area contributed by atoms with E-state index in [2.05, 4.69) is 64.7 Å². The minimum atomic E-state index is 0. The van der Waals surface area contributed by atoms with E-state index in [1.807, 2.05) is 24.9 Å². The third-order valence-corrected chi connectivity index (χ3v) is 5.13. The Labute approximate surface area is 184 Å². The Morgan fingerprint density at radius 3 is 2.56 bits per heavy atom. The second-order valence-electron chi connectivity index (χ2n) is 6.35. The van der Waals surface area contributed by atoms with Gasteiger partial charge in [-0.2, -0.15) is 16.9 Å². The van der Waals surface area contributed by atoms with Gasteiger partial charge in [0.2, 0.25) is 0 Å². The van der Waals surface area contributed by atoms with Gasteiger partial charge in [0.15, 0.2) is 5.96 Å². The lowest BCUT2D eigenvalue weighted by Gasteiger charge is -2.12. The van der Waals surface area contributed by atoms with Gasteiger partial charge in [0.05, 0.1) is 12.2 Å². The third-order valence-electron chi connectivity index (χ3n) is 4.43. The molecule has 0 atom stereocenters. The number of unbranched alkanes of at least 4 members (excludes halogenated alkanes) is 1. The van der Waals surface area contributed by atoms with Crippen molar-refractivity contribution in [1.82, 2.24) is 20.4 Å². The minimum Gasteiger partial charge on any atom is -0.356 e. The van der Waals surface area contributed by atoms with Crippen molar-refractivity contribution < 1.29 is 0 Å². The number of guanidine groups is 1. The summed E-state index contributed by atoms with van der Waals surface area (Å²) in [6.45, 7) is 6.70. The van der Waals surface area contributed by atoms with Gasteiger partial charge in [0.25, 0.3) is 0 Å². The van der Waals surface area contributed by atoms with E-state index in [0.717, 1.165) is 37.7 Å². The molecule has 0 saturated heterocycles. The quantitative estimate of drug-likeness (QED) is 0.236. The van der Waals surface area contributed by atoms with Crippen LogP contribution in [0, 0.1) is 13.8 Å². The first-order chi connectivity index (χ1) is 12.7. The lowest BCUT2D eigenvalue weighted by molar-refractivity contribution is 0.657. The van der Waals surface area contributed by atoms with E-state index in [0.29, 0.717) is 0 Å². The average Bonchev–Trinajstić information content (AvgIpc) is 2.91. The van der Waals surface area contributed by atoms with E-state index in [1.165, 1.54) is 29.0 Å². The molecule has 150 valence electrons. The van der Waals surface area contributed by atoms with Crippen LogP contribution in [0.2, 0.25) is 0 Å². The van der Waals surface area contributed by atoms with Crippen molar-refractivity contribution in [2.45, 2.75) is 39.8 Å². The topological polar surface area (TPSA) is 54.2 Å². The molecule has 1 aromatic carbocycles. The predicted molar refractivity (Wildman–Crippen MR) is 128 cm³/mol. The zero-order valence-corrected chi connectivity index (χ0v) is 19.9. The lowest BCUT2D eigenvalue weighted by atomic mass is 10.2. The van der Waals surface area contributed by atoms with E-state index >= 15 is 0 Å². The van der Waals surface area contributed by atoms with Crippen molar-refractivity contribution in [3.8, 4) is 0 Å². The number of aliphatic imine (C=N–C) groups is 1. The molecule has 0 aliphatic carbocycles. The van der Waals surface area contributed by atoms with E-state index in [4.69, 9.17) is 5.10 Å². The van der Waals surface area contributed by atoms with Crippen molar-refractivity contribution in [3.63, 3.8) is 0 Å². The second kappa shape index (κ2) is 13.0. The number of hydrogen-bond acceptors (Lipinski definition) is 3. The van der Waals surface area contributed by atoms with Crippen LogP contribution in [0.3, 0.4) is 0 Å². The van der Waals surface area contributed by atoms with Gasteiger partial charge in [-0.1, -0.05) is 30.3 Å². The molecule has 0 amide bonds. The van der Waals surface area contributed by atoms with Crippen LogP contribution in [-0.4, -0.2) is 41.3 Å². The smallest absolute Gasteiger partial charge is 0.191 e. The van der Waals surface area contributed by atoms with Gasteiger partial charge in [-0.05, 0) is 44.3 Å². The number of nitrogens with one attached hydrogen (secondary N) is 2. The molecule has 5 nitrogen and oxygen atoms in total. The number of nitrogens with zero attached hydrogens (tertiary/aromatic N) is 3. The second-order valence-corrected chi connectivity index (χ2v) is 7.33. The molecule has 0 saturated carbocycles. The van der Waals surface area contributed by atoms with E-state index < -0.39 is 0 Å². The molecular formula is C20H32IN5S. The standard InChI is InChI=1S/C20H31N5S.HI/c1-16-19(14-23-20(21-3)22-12-8-9-13-26-4)17(2)25(24-16)15-18-10-6-5-7-11-18;/h5-7,10-11H,8-9,12-15H2,1-4H3,(H2,21,22,23);1H. The van der Waals surface area contributed by atoms with Crippen LogP contribution >= 0.6 is 35.7 Å². The van der Waals surface area contributed by atoms with Crippen molar-refractivity contribution >= 4 is 41.7 Å². The zero-order chi connectivity index (χ0) is 18.8. The van der Waals surface area contributed by atoms with Gasteiger partial charge in [-0.25, -0.2) is 0 Å². The highest BCUT2D eigenvalue weighted by molar-refractivity contribution is 14.0. The summed E-state index contributed by atoms with van der Waals surface area (Å²) in [5.41, 5.74) is 4.78. The van der Waals surface area contributed by atoms with Crippen LogP contribution in [0.4, 0.5) is 0 Å². The Balaban J connectivity index is 0.00000364. The van der Waals surface area contributed by atoms with Gasteiger partial charge in [-0.15, -0.1) is 24.0 Å². The Bertz CT molecular complexity index is 700. The number of aromatic nitrogens is 2. The van der Waals surface area contributed by atoms with Crippen LogP contribution in [0.5, 0.6) is 0 Å². The lowest BCUT2D eigenvalue weighted by Crippen LogP contribution is -2.37. The average molecular weight is 501 g/mol. The molecule has 1 heterocycles. The largest absolute Gasteiger partial charge is 0.356 e. The Hall–Kier alpha value is -1.22. The number of halogens is 1.